The number of carbonyl (C=O) groups is 3. The van der Waals surface area contributed by atoms with Crippen LogP contribution in [0.4, 0.5) is 0 Å². The number of halogens is 1. The van der Waals surface area contributed by atoms with Crippen molar-refractivity contribution in [1.29, 1.82) is 0 Å². The summed E-state index contributed by atoms with van der Waals surface area (Å²) in [4.78, 5) is 36.4. The average molecular weight is 281 g/mol. The van der Waals surface area contributed by atoms with Gasteiger partial charge >= 0.3 is 0 Å². The smallest absolute Gasteiger partial charge is 0.240 e. The van der Waals surface area contributed by atoms with E-state index in [1.807, 2.05) is 0 Å². The Balaban J connectivity index is 2.15. The van der Waals surface area contributed by atoms with Crippen molar-refractivity contribution < 1.29 is 14.4 Å². The first kappa shape index (κ1) is 13.7. The number of rotatable bonds is 3. The van der Waals surface area contributed by atoms with Gasteiger partial charge in [-0.05, 0) is 19.1 Å². The lowest BCUT2D eigenvalue weighted by atomic mass is 10.0. The summed E-state index contributed by atoms with van der Waals surface area (Å²) >= 11 is 5.84. The summed E-state index contributed by atoms with van der Waals surface area (Å²) in [6.45, 7) is 1.76. The maximum Gasteiger partial charge on any atom is 0.240 e. The molecule has 1 saturated heterocycles. The van der Waals surface area contributed by atoms with Crippen molar-refractivity contribution in [2.45, 2.75) is 13.0 Å². The summed E-state index contributed by atoms with van der Waals surface area (Å²) in [5.41, 5.74) is 0.471. The molecule has 100 valence electrons. The van der Waals surface area contributed by atoms with Crippen LogP contribution in [0.3, 0.4) is 0 Å². The molecule has 1 aromatic carbocycles. The van der Waals surface area contributed by atoms with Crippen LogP contribution in [-0.2, 0) is 9.59 Å². The zero-order valence-electron chi connectivity index (χ0n) is 10.4. The van der Waals surface area contributed by atoms with Gasteiger partial charge in [-0.15, -0.1) is 0 Å². The number of hydrogen-bond acceptors (Lipinski definition) is 4. The summed E-state index contributed by atoms with van der Waals surface area (Å²) in [6, 6.07) is 6.06. The highest BCUT2D eigenvalue weighted by molar-refractivity contribution is 6.31. The minimum Gasteiger partial charge on any atom is -0.294 e. The lowest BCUT2D eigenvalue weighted by Gasteiger charge is -2.30. The highest BCUT2D eigenvalue weighted by atomic mass is 35.5. The van der Waals surface area contributed by atoms with Gasteiger partial charge in [0.25, 0.3) is 0 Å². The van der Waals surface area contributed by atoms with E-state index in [-0.39, 0.29) is 30.7 Å². The van der Waals surface area contributed by atoms with Crippen LogP contribution >= 0.6 is 11.6 Å². The van der Waals surface area contributed by atoms with E-state index in [2.05, 4.69) is 5.32 Å². The molecule has 1 N–H and O–H groups in total. The molecule has 1 aliphatic rings. The van der Waals surface area contributed by atoms with Crippen molar-refractivity contribution in [3.05, 3.63) is 34.9 Å². The van der Waals surface area contributed by atoms with Gasteiger partial charge in [-0.25, -0.2) is 0 Å². The summed E-state index contributed by atoms with van der Waals surface area (Å²) in [7, 11) is 0. The second-order valence-electron chi connectivity index (χ2n) is 4.43. The normalized spacial score (nSPS) is 18.0. The number of amides is 2. The van der Waals surface area contributed by atoms with Crippen molar-refractivity contribution in [3.63, 3.8) is 0 Å². The van der Waals surface area contributed by atoms with Crippen LogP contribution in [0.25, 0.3) is 0 Å². The Labute approximate surface area is 115 Å². The van der Waals surface area contributed by atoms with Crippen LogP contribution in [0, 0.1) is 0 Å². The lowest BCUT2D eigenvalue weighted by molar-refractivity contribution is -0.136. The fraction of sp³-hybridized carbons (Fsp3) is 0.308. The summed E-state index contributed by atoms with van der Waals surface area (Å²) in [6.07, 6.45) is 0. The van der Waals surface area contributed by atoms with Crippen molar-refractivity contribution in [2.75, 3.05) is 13.1 Å². The van der Waals surface area contributed by atoms with Gasteiger partial charge in [0.05, 0.1) is 19.1 Å². The molecule has 6 heteroatoms. The minimum absolute atomic E-state index is 0.0409. The van der Waals surface area contributed by atoms with Gasteiger partial charge in [0.1, 0.15) is 0 Å². The van der Waals surface area contributed by atoms with E-state index < -0.39 is 6.04 Å². The number of Topliss-reactive ketones (excluding diaryl/α,β-unsaturated/α-hetero) is 1. The van der Waals surface area contributed by atoms with Gasteiger partial charge in [-0.2, -0.15) is 0 Å². The zero-order chi connectivity index (χ0) is 14.0. The number of nitrogens with zero attached hydrogens (tertiary/aromatic N) is 1. The van der Waals surface area contributed by atoms with Gasteiger partial charge in [0.15, 0.2) is 5.78 Å². The molecule has 2 amide bonds. The molecule has 2 rings (SSSR count). The van der Waals surface area contributed by atoms with E-state index in [4.69, 9.17) is 11.6 Å². The molecule has 1 atom stereocenters. The van der Waals surface area contributed by atoms with Crippen molar-refractivity contribution >= 4 is 29.2 Å². The molecular formula is C13H13ClN2O3. The average Bonchev–Trinajstić information content (AvgIpc) is 2.36. The quantitative estimate of drug-likeness (QED) is 0.659. The Hall–Kier alpha value is -1.72. The maximum atomic E-state index is 12.3. The molecule has 19 heavy (non-hydrogen) atoms. The predicted octanol–water partition coefficient (Wildman–Crippen LogP) is 0.870. The molecule has 1 aliphatic heterocycles. The van der Waals surface area contributed by atoms with Gasteiger partial charge in [-0.3, -0.25) is 24.6 Å². The van der Waals surface area contributed by atoms with Crippen LogP contribution in [0.1, 0.15) is 17.3 Å². The summed E-state index contributed by atoms with van der Waals surface area (Å²) < 4.78 is 0. The molecule has 0 aromatic heterocycles. The molecule has 1 heterocycles. The van der Waals surface area contributed by atoms with Gasteiger partial charge < -0.3 is 0 Å². The Kier molecular flexibility index (Phi) is 3.97. The Morgan fingerprint density at radius 2 is 1.95 bits per heavy atom. The molecule has 0 spiro atoms. The lowest BCUT2D eigenvalue weighted by Crippen LogP contribution is -2.55. The number of nitrogens with one attached hydrogen (secondary N) is 1. The largest absolute Gasteiger partial charge is 0.294 e. The molecule has 5 nitrogen and oxygen atoms in total. The van der Waals surface area contributed by atoms with E-state index >= 15 is 0 Å². The Morgan fingerprint density at radius 3 is 2.53 bits per heavy atom. The number of benzene rings is 1. The molecule has 0 radical (unpaired) electrons. The highest BCUT2D eigenvalue weighted by Gasteiger charge is 2.30. The number of hydrogen-bond donors (Lipinski definition) is 1. The topological polar surface area (TPSA) is 66.5 Å². The van der Waals surface area contributed by atoms with Crippen molar-refractivity contribution in [3.8, 4) is 0 Å². The number of ketones is 1. The van der Waals surface area contributed by atoms with Crippen molar-refractivity contribution in [2.24, 2.45) is 0 Å². The summed E-state index contributed by atoms with van der Waals surface area (Å²) in [5, 5.41) is 2.68. The molecule has 0 bridgehead atoms. The first-order valence-electron chi connectivity index (χ1n) is 5.84. The van der Waals surface area contributed by atoms with Gasteiger partial charge in [0, 0.05) is 10.6 Å². The highest BCUT2D eigenvalue weighted by Crippen LogP contribution is 2.15. The van der Waals surface area contributed by atoms with E-state index in [0.717, 1.165) is 0 Å². The van der Waals surface area contributed by atoms with Crippen LogP contribution in [0.2, 0.25) is 5.02 Å². The minimum atomic E-state index is -0.548. The number of imide groups is 1. The standard InChI is InChI=1S/C13H13ClN2O3/c1-8(16-6-11(17)15-12(18)7-16)13(19)9-3-2-4-10(14)5-9/h2-5,8H,6-7H2,1H3,(H,15,17,18). The predicted molar refractivity (Wildman–Crippen MR) is 70.0 cm³/mol. The number of piperazine rings is 1. The fourth-order valence-corrected chi connectivity index (χ4v) is 2.17. The third-order valence-electron chi connectivity index (χ3n) is 3.01. The molecule has 1 unspecified atom stereocenters. The van der Waals surface area contributed by atoms with Crippen LogP contribution in [-0.4, -0.2) is 41.6 Å². The number of carbonyl (C=O) groups excluding carboxylic acids is 3. The first-order chi connectivity index (χ1) is 8.97. The zero-order valence-corrected chi connectivity index (χ0v) is 11.1. The molecule has 0 saturated carbocycles. The van der Waals surface area contributed by atoms with E-state index in [0.29, 0.717) is 10.6 Å². The van der Waals surface area contributed by atoms with E-state index in [9.17, 15) is 14.4 Å². The second kappa shape index (κ2) is 5.50. The maximum absolute atomic E-state index is 12.3. The van der Waals surface area contributed by atoms with E-state index in [1.165, 1.54) is 0 Å². The van der Waals surface area contributed by atoms with Crippen LogP contribution < -0.4 is 5.32 Å². The Morgan fingerprint density at radius 1 is 1.32 bits per heavy atom. The van der Waals surface area contributed by atoms with Crippen molar-refractivity contribution in [1.82, 2.24) is 10.2 Å². The van der Waals surface area contributed by atoms with Crippen LogP contribution in [0.15, 0.2) is 24.3 Å². The molecule has 0 aliphatic carbocycles. The fourth-order valence-electron chi connectivity index (χ4n) is 1.98. The van der Waals surface area contributed by atoms with Crippen LogP contribution in [0.5, 0.6) is 0 Å². The first-order valence-corrected chi connectivity index (χ1v) is 6.21. The van der Waals surface area contributed by atoms with E-state index in [1.54, 1.807) is 36.1 Å². The Bertz CT molecular complexity index is 528. The molecular weight excluding hydrogens is 268 g/mol. The molecule has 1 aromatic rings. The van der Waals surface area contributed by atoms with Gasteiger partial charge in [-0.1, -0.05) is 23.7 Å². The SMILES string of the molecule is CC(C(=O)c1cccc(Cl)c1)N1CC(=O)NC(=O)C1. The second-order valence-corrected chi connectivity index (χ2v) is 4.86. The molecule has 1 fully saturated rings. The third kappa shape index (κ3) is 3.19. The summed E-state index contributed by atoms with van der Waals surface area (Å²) in [5.74, 6) is -0.936. The third-order valence-corrected chi connectivity index (χ3v) is 3.24. The van der Waals surface area contributed by atoms with Gasteiger partial charge in [0.2, 0.25) is 11.8 Å². The monoisotopic (exact) mass is 280 g/mol.